The van der Waals surface area contributed by atoms with Gasteiger partial charge in [-0.2, -0.15) is 0 Å². The molecule has 5 nitrogen and oxygen atoms in total. The summed E-state index contributed by atoms with van der Waals surface area (Å²) < 4.78 is 26.3. The molecule has 0 aromatic heterocycles. The van der Waals surface area contributed by atoms with Crippen molar-refractivity contribution in [2.75, 3.05) is 15.8 Å². The van der Waals surface area contributed by atoms with Crippen molar-refractivity contribution in [2.45, 2.75) is 19.8 Å². The lowest BCUT2D eigenvalue weighted by atomic mass is 10.0. The number of nitrogens with one attached hydrogen (secondary N) is 2. The molecule has 1 amide bonds. The summed E-state index contributed by atoms with van der Waals surface area (Å²) in [5, 5.41) is 5.19. The van der Waals surface area contributed by atoms with Crippen molar-refractivity contribution in [2.24, 2.45) is 0 Å². The van der Waals surface area contributed by atoms with Crippen LogP contribution in [0.15, 0.2) is 54.6 Å². The van der Waals surface area contributed by atoms with Crippen LogP contribution in [-0.2, 0) is 22.9 Å². The topological polar surface area (TPSA) is 75.3 Å². The van der Waals surface area contributed by atoms with E-state index in [1.807, 2.05) is 18.2 Å². The van der Waals surface area contributed by atoms with Crippen LogP contribution >= 0.6 is 0 Å². The number of benzene rings is 3. The van der Waals surface area contributed by atoms with Crippen LogP contribution in [-0.4, -0.2) is 20.1 Å². The van der Waals surface area contributed by atoms with Gasteiger partial charge in [-0.3, -0.25) is 9.52 Å². The van der Waals surface area contributed by atoms with E-state index in [0.29, 0.717) is 0 Å². The molecular formula is C21H20N2O3S. The summed E-state index contributed by atoms with van der Waals surface area (Å²) >= 11 is 0. The molecule has 0 bridgehead atoms. The number of sulfonamides is 1. The first-order valence-electron chi connectivity index (χ1n) is 8.93. The van der Waals surface area contributed by atoms with Crippen molar-refractivity contribution in [3.8, 4) is 0 Å². The highest BCUT2D eigenvalue weighted by atomic mass is 32.2. The summed E-state index contributed by atoms with van der Waals surface area (Å²) in [6, 6.07) is 16.7. The zero-order valence-corrected chi connectivity index (χ0v) is 15.8. The maximum absolute atomic E-state index is 12.9. The van der Waals surface area contributed by atoms with Gasteiger partial charge in [-0.25, -0.2) is 8.42 Å². The standard InChI is InChI=1S/C21H20N2O3S/c1-2-27(25,26)23-19-9-4-3-7-17(19)21(24)22-18-13-12-15-11-10-14-6-5-8-16(18)20(14)15/h3-9,12-13,23H,2,10-11H2,1H3,(H,22,24). The lowest BCUT2D eigenvalue weighted by Gasteiger charge is -2.14. The molecule has 138 valence electrons. The number of para-hydroxylation sites is 1. The molecule has 1 aliphatic carbocycles. The Kier molecular flexibility index (Phi) is 4.36. The molecule has 3 aromatic rings. The number of amides is 1. The van der Waals surface area contributed by atoms with Gasteiger partial charge in [0.1, 0.15) is 0 Å². The van der Waals surface area contributed by atoms with Crippen LogP contribution in [0, 0.1) is 0 Å². The van der Waals surface area contributed by atoms with E-state index in [1.165, 1.54) is 16.5 Å². The molecular weight excluding hydrogens is 360 g/mol. The summed E-state index contributed by atoms with van der Waals surface area (Å²) in [5.74, 6) is -0.402. The van der Waals surface area contributed by atoms with Gasteiger partial charge in [0, 0.05) is 11.1 Å². The van der Waals surface area contributed by atoms with E-state index in [-0.39, 0.29) is 22.9 Å². The first-order valence-corrected chi connectivity index (χ1v) is 10.6. The molecule has 0 saturated heterocycles. The summed E-state index contributed by atoms with van der Waals surface area (Å²) in [7, 11) is -3.47. The van der Waals surface area contributed by atoms with Crippen LogP contribution in [0.1, 0.15) is 28.4 Å². The molecule has 4 rings (SSSR count). The molecule has 0 radical (unpaired) electrons. The van der Waals surface area contributed by atoms with Crippen molar-refractivity contribution < 1.29 is 13.2 Å². The number of rotatable bonds is 5. The predicted molar refractivity (Wildman–Crippen MR) is 109 cm³/mol. The van der Waals surface area contributed by atoms with E-state index < -0.39 is 10.0 Å². The lowest BCUT2D eigenvalue weighted by Crippen LogP contribution is -2.19. The smallest absolute Gasteiger partial charge is 0.257 e. The van der Waals surface area contributed by atoms with Crippen molar-refractivity contribution in [1.82, 2.24) is 0 Å². The monoisotopic (exact) mass is 380 g/mol. The molecule has 2 N–H and O–H groups in total. The maximum Gasteiger partial charge on any atom is 0.257 e. The van der Waals surface area contributed by atoms with Gasteiger partial charge in [-0.05, 0) is 54.5 Å². The van der Waals surface area contributed by atoms with E-state index >= 15 is 0 Å². The van der Waals surface area contributed by atoms with Gasteiger partial charge in [-0.15, -0.1) is 0 Å². The second-order valence-electron chi connectivity index (χ2n) is 6.62. The van der Waals surface area contributed by atoms with Crippen molar-refractivity contribution in [3.63, 3.8) is 0 Å². The number of carbonyl (C=O) groups excluding carboxylic acids is 1. The molecule has 0 atom stereocenters. The van der Waals surface area contributed by atoms with Crippen LogP contribution in [0.25, 0.3) is 10.8 Å². The molecule has 0 spiro atoms. The third kappa shape index (κ3) is 3.28. The molecule has 0 fully saturated rings. The maximum atomic E-state index is 12.9. The Hall–Kier alpha value is -2.86. The largest absolute Gasteiger partial charge is 0.321 e. The van der Waals surface area contributed by atoms with Gasteiger partial charge in [0.05, 0.1) is 17.0 Å². The SMILES string of the molecule is CCS(=O)(=O)Nc1ccccc1C(=O)Nc1ccc2c3c(cccc13)CC2. The lowest BCUT2D eigenvalue weighted by molar-refractivity contribution is 0.102. The third-order valence-electron chi connectivity index (χ3n) is 4.94. The quantitative estimate of drug-likeness (QED) is 0.704. The van der Waals surface area contributed by atoms with Crippen LogP contribution in [0.2, 0.25) is 0 Å². The minimum atomic E-state index is -3.47. The van der Waals surface area contributed by atoms with Crippen LogP contribution < -0.4 is 10.0 Å². The van der Waals surface area contributed by atoms with Gasteiger partial charge >= 0.3 is 0 Å². The number of carbonyl (C=O) groups is 1. The zero-order chi connectivity index (χ0) is 19.0. The second kappa shape index (κ2) is 6.70. The summed E-state index contributed by atoms with van der Waals surface area (Å²) in [4.78, 5) is 12.9. The highest BCUT2D eigenvalue weighted by Gasteiger charge is 2.19. The highest BCUT2D eigenvalue weighted by Crippen LogP contribution is 2.35. The highest BCUT2D eigenvalue weighted by molar-refractivity contribution is 7.92. The molecule has 0 aliphatic heterocycles. The first-order chi connectivity index (χ1) is 13.0. The Morgan fingerprint density at radius 2 is 1.67 bits per heavy atom. The number of aryl methyl sites for hydroxylation is 2. The van der Waals surface area contributed by atoms with Crippen LogP contribution in [0.5, 0.6) is 0 Å². The number of anilines is 2. The normalized spacial score (nSPS) is 12.9. The minimum absolute atomic E-state index is 0.0577. The van der Waals surface area contributed by atoms with Crippen LogP contribution in [0.4, 0.5) is 11.4 Å². The Morgan fingerprint density at radius 1 is 0.926 bits per heavy atom. The van der Waals surface area contributed by atoms with Gasteiger partial charge in [-0.1, -0.05) is 36.4 Å². The molecule has 0 unspecified atom stereocenters. The van der Waals surface area contributed by atoms with E-state index in [1.54, 1.807) is 31.2 Å². The fourth-order valence-electron chi connectivity index (χ4n) is 3.56. The molecule has 0 heterocycles. The molecule has 27 heavy (non-hydrogen) atoms. The number of hydrogen-bond donors (Lipinski definition) is 2. The van der Waals surface area contributed by atoms with Crippen molar-refractivity contribution in [3.05, 3.63) is 71.3 Å². The minimum Gasteiger partial charge on any atom is -0.321 e. The Morgan fingerprint density at radius 3 is 2.44 bits per heavy atom. The Bertz CT molecular complexity index is 1140. The van der Waals surface area contributed by atoms with Gasteiger partial charge < -0.3 is 5.32 Å². The van der Waals surface area contributed by atoms with Gasteiger partial charge in [0.25, 0.3) is 5.91 Å². The van der Waals surface area contributed by atoms with Crippen LogP contribution in [0.3, 0.4) is 0 Å². The van der Waals surface area contributed by atoms with Gasteiger partial charge in [0.2, 0.25) is 10.0 Å². The Balaban J connectivity index is 1.70. The van der Waals surface area contributed by atoms with E-state index in [4.69, 9.17) is 0 Å². The summed E-state index contributed by atoms with van der Waals surface area (Å²) in [5.41, 5.74) is 3.90. The predicted octanol–water partition coefficient (Wildman–Crippen LogP) is 3.95. The molecule has 6 heteroatoms. The van der Waals surface area contributed by atoms with E-state index in [0.717, 1.165) is 23.9 Å². The average Bonchev–Trinajstić information content (AvgIpc) is 3.09. The van der Waals surface area contributed by atoms with E-state index in [2.05, 4.69) is 22.2 Å². The molecule has 1 aliphatic rings. The Labute approximate surface area is 158 Å². The van der Waals surface area contributed by atoms with Crippen molar-refractivity contribution >= 4 is 38.1 Å². The van der Waals surface area contributed by atoms with Gasteiger partial charge in [0.15, 0.2) is 0 Å². The average molecular weight is 380 g/mol. The fourth-order valence-corrected chi connectivity index (χ4v) is 4.21. The molecule has 3 aromatic carbocycles. The van der Waals surface area contributed by atoms with E-state index in [9.17, 15) is 13.2 Å². The summed E-state index contributed by atoms with van der Waals surface area (Å²) in [6.45, 7) is 1.55. The summed E-state index contributed by atoms with van der Waals surface area (Å²) in [6.07, 6.45) is 2.04. The molecule has 0 saturated carbocycles. The third-order valence-corrected chi connectivity index (χ3v) is 6.23. The number of hydrogen-bond acceptors (Lipinski definition) is 3. The second-order valence-corrected chi connectivity index (χ2v) is 8.63. The first kappa shape index (κ1) is 17.5. The zero-order valence-electron chi connectivity index (χ0n) is 15.0. The van der Waals surface area contributed by atoms with Crippen molar-refractivity contribution in [1.29, 1.82) is 0 Å². The fraction of sp³-hybridized carbons (Fsp3) is 0.190.